The van der Waals surface area contributed by atoms with Crippen LogP contribution >= 0.6 is 12.6 Å². The molecule has 0 N–H and O–H groups in total. The Morgan fingerprint density at radius 2 is 2.36 bits per heavy atom. The van der Waals surface area contributed by atoms with Gasteiger partial charge >= 0.3 is 0 Å². The number of hydrogen-bond donors (Lipinski definition) is 1. The summed E-state index contributed by atoms with van der Waals surface area (Å²) in [6.07, 6.45) is 9.75. The Hall–Kier alpha value is 0.527. The predicted molar refractivity (Wildman–Crippen MR) is 69.0 cm³/mol. The van der Waals surface area contributed by atoms with E-state index in [9.17, 15) is 0 Å². The Bertz CT molecular complexity index is 137. The molecule has 3 heteroatoms. The molecule has 84 valence electrons. The van der Waals surface area contributed by atoms with Crippen molar-refractivity contribution in [3.05, 3.63) is 0 Å². The van der Waals surface area contributed by atoms with Gasteiger partial charge < -0.3 is 4.43 Å². The van der Waals surface area contributed by atoms with E-state index >= 15 is 0 Å². The minimum atomic E-state index is -0.139. The maximum Gasteiger partial charge on any atom is 0.161 e. The van der Waals surface area contributed by atoms with Crippen LogP contribution in [0.5, 0.6) is 0 Å². The van der Waals surface area contributed by atoms with Crippen molar-refractivity contribution in [2.75, 3.05) is 0 Å². The third kappa shape index (κ3) is 5.42. The zero-order valence-electron chi connectivity index (χ0n) is 9.37. The lowest BCUT2D eigenvalue weighted by Crippen LogP contribution is -2.24. The fraction of sp³-hybridized carbons (Fsp3) is 1.00. The first-order valence-electron chi connectivity index (χ1n) is 6.12. The molecule has 1 nitrogen and oxygen atoms in total. The second kappa shape index (κ2) is 7.77. The zero-order chi connectivity index (χ0) is 10.2. The molecule has 0 spiro atoms. The van der Waals surface area contributed by atoms with Gasteiger partial charge in [0.05, 0.1) is 0 Å². The monoisotopic (exact) mass is 232 g/mol. The van der Waals surface area contributed by atoms with E-state index in [1.807, 2.05) is 0 Å². The molecule has 0 amide bonds. The maximum atomic E-state index is 5.84. The molecule has 0 aromatic rings. The summed E-state index contributed by atoms with van der Waals surface area (Å²) in [6.45, 7) is 2.25. The second-order valence-electron chi connectivity index (χ2n) is 4.37. The van der Waals surface area contributed by atoms with E-state index in [4.69, 9.17) is 4.43 Å². The van der Waals surface area contributed by atoms with E-state index in [1.165, 1.54) is 51.0 Å². The van der Waals surface area contributed by atoms with E-state index in [0.29, 0.717) is 11.4 Å². The molecule has 1 saturated heterocycles. The average Bonchev–Trinajstić information content (AvgIpc) is 2.20. The van der Waals surface area contributed by atoms with Crippen LogP contribution in [0.25, 0.3) is 0 Å². The van der Waals surface area contributed by atoms with E-state index in [2.05, 4.69) is 19.6 Å². The lowest BCUT2D eigenvalue weighted by Gasteiger charge is -2.25. The number of hydrogen-bond acceptors (Lipinski definition) is 2. The van der Waals surface area contributed by atoms with Crippen molar-refractivity contribution in [3.63, 3.8) is 0 Å². The predicted octanol–water partition coefficient (Wildman–Crippen LogP) is 2.94. The minimum absolute atomic E-state index is 0.139. The molecule has 1 heterocycles. The van der Waals surface area contributed by atoms with Crippen molar-refractivity contribution >= 4 is 22.4 Å². The molecule has 2 unspecified atom stereocenters. The fourth-order valence-corrected chi connectivity index (χ4v) is 3.76. The summed E-state index contributed by atoms with van der Waals surface area (Å²) in [5.41, 5.74) is 0. The van der Waals surface area contributed by atoms with Crippen LogP contribution in [0, 0.1) is 0 Å². The first-order valence-corrected chi connectivity index (χ1v) is 8.22. The van der Waals surface area contributed by atoms with Gasteiger partial charge in [-0.3, -0.25) is 0 Å². The highest BCUT2D eigenvalue weighted by molar-refractivity contribution is 7.80. The standard InChI is InChI=1S/C11H24OSSi/c1-2-3-4-7-11(13)9-10-6-5-8-14-12-10/h10-11,13H,2-9,14H2,1H3. The molecule has 0 aromatic carbocycles. The van der Waals surface area contributed by atoms with Crippen LogP contribution in [0.15, 0.2) is 0 Å². The molecule has 0 saturated carbocycles. The van der Waals surface area contributed by atoms with Gasteiger partial charge in [-0.1, -0.05) is 32.6 Å². The van der Waals surface area contributed by atoms with Crippen LogP contribution in [-0.4, -0.2) is 21.1 Å². The molecule has 14 heavy (non-hydrogen) atoms. The molecule has 0 bridgehead atoms. The Kier molecular flexibility index (Phi) is 6.99. The van der Waals surface area contributed by atoms with E-state index in [0.717, 1.165) is 0 Å². The van der Waals surface area contributed by atoms with Gasteiger partial charge in [-0.05, 0) is 25.3 Å². The van der Waals surface area contributed by atoms with Gasteiger partial charge in [0.2, 0.25) is 0 Å². The maximum absolute atomic E-state index is 5.84. The smallest absolute Gasteiger partial charge is 0.161 e. The Balaban J connectivity index is 2.03. The van der Waals surface area contributed by atoms with E-state index < -0.39 is 0 Å². The number of thiol groups is 1. The highest BCUT2D eigenvalue weighted by Crippen LogP contribution is 2.21. The van der Waals surface area contributed by atoms with Gasteiger partial charge in [-0.25, -0.2) is 0 Å². The average molecular weight is 232 g/mol. The molecule has 0 aliphatic carbocycles. The lowest BCUT2D eigenvalue weighted by molar-refractivity contribution is 0.170. The SMILES string of the molecule is CCCCCC(S)CC1CCC[SiH2]O1. The molecular formula is C11H24OSSi. The first kappa shape index (κ1) is 12.6. The van der Waals surface area contributed by atoms with Crippen molar-refractivity contribution in [2.24, 2.45) is 0 Å². The van der Waals surface area contributed by atoms with Crippen LogP contribution in [0.2, 0.25) is 6.04 Å². The first-order chi connectivity index (χ1) is 6.83. The van der Waals surface area contributed by atoms with Crippen LogP contribution < -0.4 is 0 Å². The van der Waals surface area contributed by atoms with Gasteiger partial charge in [-0.2, -0.15) is 12.6 Å². The summed E-state index contributed by atoms with van der Waals surface area (Å²) in [7, 11) is -0.139. The third-order valence-corrected chi connectivity index (χ3v) is 4.91. The molecule has 1 rings (SSSR count). The zero-order valence-corrected chi connectivity index (χ0v) is 11.7. The second-order valence-corrected chi connectivity index (χ2v) is 6.55. The summed E-state index contributed by atoms with van der Waals surface area (Å²) < 4.78 is 5.84. The number of unbranched alkanes of at least 4 members (excludes halogenated alkanes) is 2. The van der Waals surface area contributed by atoms with Gasteiger partial charge in [0, 0.05) is 11.4 Å². The van der Waals surface area contributed by atoms with Crippen LogP contribution in [-0.2, 0) is 4.43 Å². The Morgan fingerprint density at radius 1 is 1.50 bits per heavy atom. The van der Waals surface area contributed by atoms with Crippen molar-refractivity contribution in [3.8, 4) is 0 Å². The molecule has 0 aromatic heterocycles. The Morgan fingerprint density at radius 3 is 3.00 bits per heavy atom. The van der Waals surface area contributed by atoms with Gasteiger partial charge in [0.15, 0.2) is 9.76 Å². The summed E-state index contributed by atoms with van der Waals surface area (Å²) in [6, 6.07) is 1.39. The molecule has 1 aliphatic heterocycles. The van der Waals surface area contributed by atoms with Gasteiger partial charge in [-0.15, -0.1) is 0 Å². The van der Waals surface area contributed by atoms with E-state index in [-0.39, 0.29) is 9.76 Å². The molecule has 1 aliphatic rings. The molecule has 0 radical (unpaired) electrons. The summed E-state index contributed by atoms with van der Waals surface area (Å²) in [4.78, 5) is 0. The largest absolute Gasteiger partial charge is 0.421 e. The van der Waals surface area contributed by atoms with Crippen LogP contribution in [0.4, 0.5) is 0 Å². The summed E-state index contributed by atoms with van der Waals surface area (Å²) >= 11 is 4.65. The van der Waals surface area contributed by atoms with Crippen LogP contribution in [0.3, 0.4) is 0 Å². The quantitative estimate of drug-likeness (QED) is 0.421. The number of rotatable bonds is 6. The van der Waals surface area contributed by atoms with Crippen molar-refractivity contribution in [1.29, 1.82) is 0 Å². The molecule has 2 atom stereocenters. The summed E-state index contributed by atoms with van der Waals surface area (Å²) in [5.74, 6) is 0. The topological polar surface area (TPSA) is 9.23 Å². The van der Waals surface area contributed by atoms with Crippen LogP contribution in [0.1, 0.15) is 51.9 Å². The fourth-order valence-electron chi connectivity index (χ4n) is 2.04. The lowest BCUT2D eigenvalue weighted by atomic mass is 10.0. The van der Waals surface area contributed by atoms with Crippen molar-refractivity contribution in [1.82, 2.24) is 0 Å². The van der Waals surface area contributed by atoms with E-state index in [1.54, 1.807) is 0 Å². The van der Waals surface area contributed by atoms with Gasteiger partial charge in [0.1, 0.15) is 0 Å². The van der Waals surface area contributed by atoms with Gasteiger partial charge in [0.25, 0.3) is 0 Å². The highest BCUT2D eigenvalue weighted by Gasteiger charge is 2.16. The molecular weight excluding hydrogens is 208 g/mol. The third-order valence-electron chi connectivity index (χ3n) is 2.95. The normalized spacial score (nSPS) is 26.6. The highest BCUT2D eigenvalue weighted by atomic mass is 32.1. The minimum Gasteiger partial charge on any atom is -0.421 e. The molecule has 1 fully saturated rings. The Labute approximate surface area is 96.3 Å². The summed E-state index contributed by atoms with van der Waals surface area (Å²) in [5, 5.41) is 0.582. The van der Waals surface area contributed by atoms with Crippen molar-refractivity contribution < 1.29 is 4.43 Å². The van der Waals surface area contributed by atoms with Crippen molar-refractivity contribution in [2.45, 2.75) is 69.3 Å².